The van der Waals surface area contributed by atoms with Crippen LogP contribution < -0.4 is 5.32 Å². The van der Waals surface area contributed by atoms with Gasteiger partial charge in [-0.3, -0.25) is 0 Å². The summed E-state index contributed by atoms with van der Waals surface area (Å²) in [5.41, 5.74) is -0.322. The number of fused-ring (bicyclic) bond motifs is 1. The van der Waals surface area contributed by atoms with Crippen molar-refractivity contribution in [2.75, 3.05) is 5.32 Å². The zero-order valence-corrected chi connectivity index (χ0v) is 11.4. The monoisotopic (exact) mass is 301 g/mol. The Morgan fingerprint density at radius 3 is 2.62 bits per heavy atom. The van der Waals surface area contributed by atoms with Crippen LogP contribution in [-0.2, 0) is 6.18 Å². The highest BCUT2D eigenvalue weighted by atomic mass is 19.4. The molecule has 0 aromatic carbocycles. The van der Waals surface area contributed by atoms with Crippen molar-refractivity contribution in [3.8, 4) is 0 Å². The second kappa shape index (κ2) is 4.30. The first kappa shape index (κ1) is 14.1. The largest absolute Gasteiger partial charge is 0.453 e. The molecule has 3 rings (SSSR count). The number of rotatable bonds is 2. The van der Waals surface area contributed by atoms with E-state index in [4.69, 9.17) is 0 Å². The van der Waals surface area contributed by atoms with E-state index in [-0.39, 0.29) is 22.9 Å². The minimum atomic E-state index is -4.61. The van der Waals surface area contributed by atoms with Crippen LogP contribution in [0.1, 0.15) is 26.1 Å². The van der Waals surface area contributed by atoms with Crippen LogP contribution in [0.4, 0.5) is 19.0 Å². The molecule has 1 fully saturated rings. The van der Waals surface area contributed by atoms with Gasteiger partial charge in [0.2, 0.25) is 0 Å². The van der Waals surface area contributed by atoms with Gasteiger partial charge < -0.3 is 10.4 Å². The molecule has 0 radical (unpaired) electrons. The Morgan fingerprint density at radius 2 is 2.05 bits per heavy atom. The van der Waals surface area contributed by atoms with E-state index in [1.807, 2.05) is 13.8 Å². The molecule has 2 unspecified atom stereocenters. The van der Waals surface area contributed by atoms with Gasteiger partial charge in [0.25, 0.3) is 5.82 Å². The Balaban J connectivity index is 1.91. The molecule has 0 aliphatic heterocycles. The molecule has 2 atom stereocenters. The number of hydrogen-bond donors (Lipinski definition) is 2. The molecule has 1 aliphatic rings. The highest BCUT2D eigenvalue weighted by Crippen LogP contribution is 2.42. The standard InChI is InChI=1S/C12H14F3N5O/c1-11(2)6(5-7(11)21)16-8-3-4-9-17-18-10(12(13,14)15)20(9)19-8/h3-4,6-7,21H,5H2,1-2H3,(H,16,19). The lowest BCUT2D eigenvalue weighted by molar-refractivity contribution is -0.146. The quantitative estimate of drug-likeness (QED) is 0.883. The van der Waals surface area contributed by atoms with Crippen molar-refractivity contribution in [3.63, 3.8) is 0 Å². The molecule has 21 heavy (non-hydrogen) atoms. The molecule has 9 heteroatoms. The fourth-order valence-electron chi connectivity index (χ4n) is 2.37. The van der Waals surface area contributed by atoms with Gasteiger partial charge in [-0.15, -0.1) is 15.3 Å². The van der Waals surface area contributed by atoms with Gasteiger partial charge in [0.15, 0.2) is 5.65 Å². The molecule has 2 heterocycles. The molecule has 114 valence electrons. The fourth-order valence-corrected chi connectivity index (χ4v) is 2.37. The third-order valence-electron chi connectivity index (χ3n) is 4.05. The van der Waals surface area contributed by atoms with Crippen LogP contribution in [0, 0.1) is 5.41 Å². The van der Waals surface area contributed by atoms with E-state index in [1.165, 1.54) is 6.07 Å². The fraction of sp³-hybridized carbons (Fsp3) is 0.583. The van der Waals surface area contributed by atoms with Crippen LogP contribution in [0.5, 0.6) is 0 Å². The summed E-state index contributed by atoms with van der Waals surface area (Å²) in [4.78, 5) is 0. The van der Waals surface area contributed by atoms with Crippen molar-refractivity contribution in [1.29, 1.82) is 0 Å². The normalized spacial score (nSPS) is 24.9. The van der Waals surface area contributed by atoms with Crippen molar-refractivity contribution >= 4 is 11.5 Å². The molecule has 2 N–H and O–H groups in total. The van der Waals surface area contributed by atoms with Crippen molar-refractivity contribution in [3.05, 3.63) is 18.0 Å². The number of alkyl halides is 3. The Labute approximate surface area is 118 Å². The summed E-state index contributed by atoms with van der Waals surface area (Å²) in [7, 11) is 0. The summed E-state index contributed by atoms with van der Waals surface area (Å²) in [6.07, 6.45) is -4.52. The molecule has 0 spiro atoms. The van der Waals surface area contributed by atoms with Crippen LogP contribution in [-0.4, -0.2) is 37.1 Å². The van der Waals surface area contributed by atoms with Gasteiger partial charge in [-0.05, 0) is 18.6 Å². The lowest BCUT2D eigenvalue weighted by atomic mass is 9.64. The smallest absolute Gasteiger partial charge is 0.392 e. The summed E-state index contributed by atoms with van der Waals surface area (Å²) in [6, 6.07) is 2.91. The third-order valence-corrected chi connectivity index (χ3v) is 4.05. The van der Waals surface area contributed by atoms with Crippen molar-refractivity contribution in [2.45, 2.75) is 38.6 Å². The maximum atomic E-state index is 12.8. The SMILES string of the molecule is CC1(C)C(O)CC1Nc1ccc2nnc(C(F)(F)F)n2n1. The lowest BCUT2D eigenvalue weighted by Gasteiger charge is -2.49. The molecule has 2 aromatic rings. The number of aliphatic hydroxyl groups is 1. The zero-order chi connectivity index (χ0) is 15.4. The summed E-state index contributed by atoms with van der Waals surface area (Å²) in [5.74, 6) is -0.869. The number of nitrogens with one attached hydrogen (secondary N) is 1. The minimum Gasteiger partial charge on any atom is -0.392 e. The molecular weight excluding hydrogens is 287 g/mol. The topological polar surface area (TPSA) is 75.3 Å². The van der Waals surface area contributed by atoms with E-state index in [0.717, 1.165) is 0 Å². The summed E-state index contributed by atoms with van der Waals surface area (Å²) in [5, 5.41) is 23.2. The van der Waals surface area contributed by atoms with Crippen LogP contribution in [0.2, 0.25) is 0 Å². The zero-order valence-electron chi connectivity index (χ0n) is 11.4. The molecule has 1 aliphatic carbocycles. The van der Waals surface area contributed by atoms with Crippen LogP contribution in [0.3, 0.4) is 0 Å². The molecule has 1 saturated carbocycles. The Bertz CT molecular complexity index is 681. The van der Waals surface area contributed by atoms with E-state index in [0.29, 0.717) is 10.9 Å². The number of aliphatic hydroxyl groups excluding tert-OH is 1. The molecule has 2 aromatic heterocycles. The lowest BCUT2D eigenvalue weighted by Crippen LogP contribution is -2.57. The van der Waals surface area contributed by atoms with Crippen LogP contribution >= 0.6 is 0 Å². The first-order valence-corrected chi connectivity index (χ1v) is 6.44. The minimum absolute atomic E-state index is 0.0285. The Hall–Kier alpha value is -1.90. The highest BCUT2D eigenvalue weighted by molar-refractivity contribution is 5.45. The first-order valence-electron chi connectivity index (χ1n) is 6.44. The molecule has 6 nitrogen and oxygen atoms in total. The number of aromatic nitrogens is 4. The van der Waals surface area contributed by atoms with Gasteiger partial charge >= 0.3 is 6.18 Å². The number of hydrogen-bond acceptors (Lipinski definition) is 5. The van der Waals surface area contributed by atoms with Gasteiger partial charge in [-0.1, -0.05) is 13.8 Å². The Kier molecular flexibility index (Phi) is 2.88. The Morgan fingerprint density at radius 1 is 1.33 bits per heavy atom. The van der Waals surface area contributed by atoms with Gasteiger partial charge in [0, 0.05) is 11.5 Å². The first-order chi connectivity index (χ1) is 9.69. The maximum Gasteiger partial charge on any atom is 0.453 e. The van der Waals surface area contributed by atoms with E-state index < -0.39 is 18.1 Å². The van der Waals surface area contributed by atoms with Crippen LogP contribution in [0.25, 0.3) is 5.65 Å². The van der Waals surface area contributed by atoms with Crippen molar-refractivity contribution in [2.24, 2.45) is 5.41 Å². The second-order valence-corrected chi connectivity index (χ2v) is 5.78. The van der Waals surface area contributed by atoms with Crippen LogP contribution in [0.15, 0.2) is 12.1 Å². The summed E-state index contributed by atoms with van der Waals surface area (Å²) < 4.78 is 39.0. The summed E-state index contributed by atoms with van der Waals surface area (Å²) in [6.45, 7) is 3.77. The highest BCUT2D eigenvalue weighted by Gasteiger charge is 2.47. The van der Waals surface area contributed by atoms with Crippen molar-refractivity contribution < 1.29 is 18.3 Å². The molecule has 0 saturated heterocycles. The van der Waals surface area contributed by atoms with Gasteiger partial charge in [-0.2, -0.15) is 17.7 Å². The van der Waals surface area contributed by atoms with E-state index >= 15 is 0 Å². The second-order valence-electron chi connectivity index (χ2n) is 5.78. The van der Waals surface area contributed by atoms with E-state index in [1.54, 1.807) is 6.07 Å². The van der Waals surface area contributed by atoms with E-state index in [2.05, 4.69) is 20.6 Å². The van der Waals surface area contributed by atoms with Gasteiger partial charge in [-0.25, -0.2) is 0 Å². The number of anilines is 1. The maximum absolute atomic E-state index is 12.8. The number of nitrogens with zero attached hydrogens (tertiary/aromatic N) is 4. The predicted molar refractivity (Wildman–Crippen MR) is 67.6 cm³/mol. The molecule has 0 bridgehead atoms. The van der Waals surface area contributed by atoms with Crippen molar-refractivity contribution in [1.82, 2.24) is 19.8 Å². The average Bonchev–Trinajstić information content (AvgIpc) is 2.81. The van der Waals surface area contributed by atoms with Gasteiger partial charge in [0.05, 0.1) is 6.10 Å². The number of halogens is 3. The summed E-state index contributed by atoms with van der Waals surface area (Å²) >= 11 is 0. The third kappa shape index (κ3) is 2.21. The van der Waals surface area contributed by atoms with Gasteiger partial charge in [0.1, 0.15) is 5.82 Å². The molecular formula is C12H14F3N5O. The average molecular weight is 301 g/mol. The van der Waals surface area contributed by atoms with E-state index in [9.17, 15) is 18.3 Å². The predicted octanol–water partition coefficient (Wildman–Crippen LogP) is 1.71. The molecule has 0 amide bonds.